The second kappa shape index (κ2) is 22.1. The Morgan fingerprint density at radius 3 is 1.66 bits per heavy atom. The highest BCUT2D eigenvalue weighted by molar-refractivity contribution is 6.34. The number of hydrogen-bond donors (Lipinski definition) is 4. The second-order valence-corrected chi connectivity index (χ2v) is 20.1. The van der Waals surface area contributed by atoms with E-state index in [9.17, 15) is 41.0 Å². The lowest BCUT2D eigenvalue weighted by atomic mass is 10.1. The zero-order valence-corrected chi connectivity index (χ0v) is 43.3. The fourth-order valence-corrected chi connectivity index (χ4v) is 10.1. The minimum Gasteiger partial charge on any atom is -0.474 e. The molecule has 4 aromatic heterocycles. The zero-order valence-electron chi connectivity index (χ0n) is 41.8. The molecule has 4 atom stereocenters. The number of nitrogens with one attached hydrogen (secondary N) is 2. The summed E-state index contributed by atoms with van der Waals surface area (Å²) < 4.78 is 102. The molecule has 3 fully saturated rings. The SMILES string of the molecule is CC1(C)OC[C@H](COc2cncc(NC(=O)N3c4nc(-c5cccc(C(F)(F)F)c5)c(Cl)cc4N4CC[C@H]3C4)n2)O1.O=C(Nc1cncc(OC[C@H](O)CO)n1)N1c2nc(-c3cccc(C(F)(F)F)c3)c(Cl)cc2N2CC[C@H]1C2. The number of hydrogen-bond acceptors (Lipinski definition) is 16. The number of carbonyl (C=O) groups excluding carboxylic acids is 2. The lowest BCUT2D eigenvalue weighted by Crippen LogP contribution is -2.48. The number of alkyl halides is 6. The summed E-state index contributed by atoms with van der Waals surface area (Å²) in [5.74, 6) is 0.325. The molecule has 2 aromatic carbocycles. The first-order valence-electron chi connectivity index (χ1n) is 24.6. The average molecular weight is 1140 g/mol. The number of fused-ring (bicyclic) bond motifs is 8. The number of aromatic nitrogens is 6. The molecule has 20 nitrogen and oxygen atoms in total. The summed E-state index contributed by atoms with van der Waals surface area (Å²) in [5.41, 5.74) is 0.188. The van der Waals surface area contributed by atoms with Crippen molar-refractivity contribution in [2.45, 2.75) is 69.1 Å². The quantitative estimate of drug-likeness (QED) is 0.0888. The number of halogens is 8. The van der Waals surface area contributed by atoms with Gasteiger partial charge in [-0.05, 0) is 63.1 Å². The maximum absolute atomic E-state index is 13.6. The molecule has 5 aliphatic rings. The number of nitrogens with zero attached hydrogens (tertiary/aromatic N) is 10. The molecule has 4 bridgehead atoms. The molecule has 416 valence electrons. The Bertz CT molecular complexity index is 3280. The van der Waals surface area contributed by atoms with Crippen molar-refractivity contribution in [3.63, 3.8) is 0 Å². The number of aliphatic hydroxyl groups is 2. The average Bonchev–Trinajstić information content (AvgIpc) is 4.33. The zero-order chi connectivity index (χ0) is 56.0. The van der Waals surface area contributed by atoms with Crippen LogP contribution in [0.15, 0.2) is 85.5 Å². The van der Waals surface area contributed by atoms with Crippen LogP contribution in [0.3, 0.4) is 0 Å². The third kappa shape index (κ3) is 12.1. The molecule has 5 aliphatic heterocycles. The molecule has 0 saturated carbocycles. The molecule has 0 spiro atoms. The summed E-state index contributed by atoms with van der Waals surface area (Å²) >= 11 is 13.0. The van der Waals surface area contributed by atoms with Gasteiger partial charge in [-0.25, -0.2) is 19.6 Å². The van der Waals surface area contributed by atoms with Crippen LogP contribution >= 0.6 is 23.2 Å². The standard InChI is InChI=1S/C27H26ClF3N6O4.C24H22ClF3N6O4/c1-26(2)40-14-18(41-26)13-39-22-11-32-10-21(33-22)34-25(38)37-17-6-7-36(12-17)20-9-19(28)23(35-24(20)37)15-4-3-5-16(8-15)27(29,30)31;25-17-7-18-22(32-21(17)13-2-1-3-14(6-13)24(26,27)28)34(15-4-5-33(18)10-15)23(37)31-19-8-29-9-20(30-19)38-12-16(36)11-35/h3-5,8-11,17-18H,6-7,12-14H2,1-2H3,(H,33,34,38);1-3,6-9,15-16,35-36H,4-5,10-12H2,(H,30,31,37)/t17-,18-;15-,16+/m00/s1. The molecule has 4 amide bonds. The van der Waals surface area contributed by atoms with E-state index in [1.165, 1.54) is 58.9 Å². The fourth-order valence-electron chi connectivity index (χ4n) is 9.62. The number of benzene rings is 2. The molecule has 0 unspecified atom stereocenters. The van der Waals surface area contributed by atoms with Crippen molar-refractivity contribution in [2.75, 3.05) is 82.8 Å². The van der Waals surface area contributed by atoms with Crippen molar-refractivity contribution in [2.24, 2.45) is 0 Å². The summed E-state index contributed by atoms with van der Waals surface area (Å²) in [5, 5.41) is 24.2. The van der Waals surface area contributed by atoms with Gasteiger partial charge in [0.15, 0.2) is 29.1 Å². The van der Waals surface area contributed by atoms with Gasteiger partial charge in [0.2, 0.25) is 11.8 Å². The van der Waals surface area contributed by atoms with E-state index in [-0.39, 0.29) is 93.2 Å². The molecule has 11 rings (SSSR count). The molecule has 28 heteroatoms. The van der Waals surface area contributed by atoms with Gasteiger partial charge in [0, 0.05) is 37.3 Å². The van der Waals surface area contributed by atoms with Crippen LogP contribution in [-0.2, 0) is 21.8 Å². The summed E-state index contributed by atoms with van der Waals surface area (Å²) in [4.78, 5) is 59.9. The van der Waals surface area contributed by atoms with Gasteiger partial charge in [-0.3, -0.25) is 30.4 Å². The van der Waals surface area contributed by atoms with Crippen molar-refractivity contribution in [1.82, 2.24) is 29.9 Å². The minimum atomic E-state index is -4.54. The first kappa shape index (κ1) is 55.0. The number of pyridine rings is 2. The van der Waals surface area contributed by atoms with E-state index in [0.29, 0.717) is 62.8 Å². The number of aliphatic hydroxyl groups excluding tert-OH is 2. The number of anilines is 6. The molecular weight excluding hydrogens is 1090 g/mol. The van der Waals surface area contributed by atoms with Crippen LogP contribution < -0.4 is 39.7 Å². The van der Waals surface area contributed by atoms with Crippen LogP contribution in [-0.4, -0.2) is 135 Å². The summed E-state index contributed by atoms with van der Waals surface area (Å²) in [6.07, 6.45) is -3.71. The van der Waals surface area contributed by atoms with Gasteiger partial charge in [0.05, 0.1) is 94.0 Å². The van der Waals surface area contributed by atoms with Gasteiger partial charge in [-0.1, -0.05) is 47.5 Å². The van der Waals surface area contributed by atoms with Crippen molar-refractivity contribution < 1.29 is 65.1 Å². The predicted molar refractivity (Wildman–Crippen MR) is 277 cm³/mol. The van der Waals surface area contributed by atoms with Crippen molar-refractivity contribution in [1.29, 1.82) is 0 Å². The smallest absolute Gasteiger partial charge is 0.416 e. The number of rotatable bonds is 11. The van der Waals surface area contributed by atoms with E-state index in [1.807, 2.05) is 18.7 Å². The predicted octanol–water partition coefficient (Wildman–Crippen LogP) is 8.95. The molecule has 0 aliphatic carbocycles. The van der Waals surface area contributed by atoms with Gasteiger partial charge in [-0.15, -0.1) is 0 Å². The molecule has 3 saturated heterocycles. The van der Waals surface area contributed by atoms with E-state index in [0.717, 1.165) is 24.3 Å². The maximum Gasteiger partial charge on any atom is 0.416 e. The second-order valence-electron chi connectivity index (χ2n) is 19.3. The summed E-state index contributed by atoms with van der Waals surface area (Å²) in [6.45, 7) is 5.92. The van der Waals surface area contributed by atoms with Crippen LogP contribution in [0, 0.1) is 0 Å². The highest BCUT2D eigenvalue weighted by atomic mass is 35.5. The number of carbonyl (C=O) groups is 2. The topological polar surface area (TPSA) is 226 Å². The van der Waals surface area contributed by atoms with Crippen LogP contribution in [0.2, 0.25) is 10.0 Å². The minimum absolute atomic E-state index is 0.0260. The van der Waals surface area contributed by atoms with Gasteiger partial charge >= 0.3 is 24.4 Å². The largest absolute Gasteiger partial charge is 0.474 e. The lowest BCUT2D eigenvalue weighted by molar-refractivity contribution is -0.141. The third-order valence-electron chi connectivity index (χ3n) is 13.2. The Kier molecular flexibility index (Phi) is 15.3. The van der Waals surface area contributed by atoms with Gasteiger partial charge < -0.3 is 39.0 Å². The maximum atomic E-state index is 13.6. The van der Waals surface area contributed by atoms with E-state index in [2.05, 4.69) is 45.4 Å². The van der Waals surface area contributed by atoms with E-state index < -0.39 is 54.0 Å². The van der Waals surface area contributed by atoms with Crippen LogP contribution in [0.1, 0.15) is 37.8 Å². The van der Waals surface area contributed by atoms with Crippen molar-refractivity contribution in [3.05, 3.63) is 107 Å². The molecule has 6 aromatic rings. The highest BCUT2D eigenvalue weighted by Crippen LogP contribution is 2.46. The fraction of sp³-hybridized carbons (Fsp3) is 0.373. The molecule has 9 heterocycles. The van der Waals surface area contributed by atoms with Crippen LogP contribution in [0.4, 0.5) is 70.6 Å². The van der Waals surface area contributed by atoms with Crippen molar-refractivity contribution >= 4 is 69.9 Å². The van der Waals surface area contributed by atoms with E-state index in [1.54, 1.807) is 12.1 Å². The first-order valence-corrected chi connectivity index (χ1v) is 25.3. The Morgan fingerprint density at radius 2 is 1.22 bits per heavy atom. The van der Waals surface area contributed by atoms with Crippen LogP contribution in [0.5, 0.6) is 11.8 Å². The Morgan fingerprint density at radius 1 is 0.734 bits per heavy atom. The Labute approximate surface area is 456 Å². The van der Waals surface area contributed by atoms with Gasteiger partial charge in [-0.2, -0.15) is 36.3 Å². The van der Waals surface area contributed by atoms with Crippen molar-refractivity contribution in [3.8, 4) is 34.3 Å². The molecular formula is C51H48Cl2F6N12O8. The lowest BCUT2D eigenvalue weighted by Gasteiger charge is -2.36. The third-order valence-corrected chi connectivity index (χ3v) is 13.8. The first-order chi connectivity index (χ1) is 37.6. The van der Waals surface area contributed by atoms with Gasteiger partial charge in [0.25, 0.3) is 0 Å². The monoisotopic (exact) mass is 1140 g/mol. The number of urea groups is 2. The summed E-state index contributed by atoms with van der Waals surface area (Å²) in [7, 11) is 0. The summed E-state index contributed by atoms with van der Waals surface area (Å²) in [6, 6.07) is 11.2. The molecule has 4 N–H and O–H groups in total. The Balaban J connectivity index is 0.000000179. The number of ether oxygens (including phenoxy) is 4. The number of amides is 4. The van der Waals surface area contributed by atoms with Crippen LogP contribution in [0.25, 0.3) is 22.5 Å². The van der Waals surface area contributed by atoms with E-state index in [4.69, 9.17) is 47.3 Å². The van der Waals surface area contributed by atoms with Gasteiger partial charge in [0.1, 0.15) is 25.4 Å². The molecule has 79 heavy (non-hydrogen) atoms. The highest BCUT2D eigenvalue weighted by Gasteiger charge is 2.43. The molecule has 0 radical (unpaired) electrons. The van der Waals surface area contributed by atoms with E-state index >= 15 is 0 Å². The normalized spacial score (nSPS) is 19.3. The Hall–Kier alpha value is -7.36.